The summed E-state index contributed by atoms with van der Waals surface area (Å²) in [4.78, 5) is 16.8. The SMILES string of the molecule is COc1ccc(NC(=O)C(C#N)=CN2CCN(Cc3ccccc3)CC2)cc1. The van der Waals surface area contributed by atoms with E-state index in [1.165, 1.54) is 5.56 Å². The van der Waals surface area contributed by atoms with E-state index in [4.69, 9.17) is 4.74 Å². The molecule has 2 aromatic rings. The number of nitrogens with zero attached hydrogens (tertiary/aromatic N) is 3. The number of rotatable bonds is 6. The zero-order valence-electron chi connectivity index (χ0n) is 16.0. The van der Waals surface area contributed by atoms with Gasteiger partial charge in [0.05, 0.1) is 7.11 Å². The lowest BCUT2D eigenvalue weighted by molar-refractivity contribution is -0.112. The van der Waals surface area contributed by atoms with Crippen molar-refractivity contribution in [3.8, 4) is 11.8 Å². The molecule has 0 spiro atoms. The zero-order chi connectivity index (χ0) is 19.8. The number of carbonyl (C=O) groups is 1. The minimum Gasteiger partial charge on any atom is -0.497 e. The number of amides is 1. The summed E-state index contributed by atoms with van der Waals surface area (Å²) in [5.74, 6) is 0.307. The highest BCUT2D eigenvalue weighted by atomic mass is 16.5. The van der Waals surface area contributed by atoms with Gasteiger partial charge in [-0.1, -0.05) is 30.3 Å². The highest BCUT2D eigenvalue weighted by molar-refractivity contribution is 6.06. The van der Waals surface area contributed by atoms with Gasteiger partial charge in [0.25, 0.3) is 5.91 Å². The minimum atomic E-state index is -0.403. The van der Waals surface area contributed by atoms with Gasteiger partial charge in [-0.25, -0.2) is 0 Å². The second kappa shape index (κ2) is 9.58. The van der Waals surface area contributed by atoms with Crippen LogP contribution in [0.3, 0.4) is 0 Å². The fourth-order valence-corrected chi connectivity index (χ4v) is 3.09. The van der Waals surface area contributed by atoms with E-state index in [0.717, 1.165) is 32.7 Å². The fourth-order valence-electron chi connectivity index (χ4n) is 3.09. The van der Waals surface area contributed by atoms with Crippen molar-refractivity contribution < 1.29 is 9.53 Å². The Bertz CT molecular complexity index is 848. The molecule has 1 fully saturated rings. The number of nitrogens with one attached hydrogen (secondary N) is 1. The third-order valence-electron chi connectivity index (χ3n) is 4.68. The number of benzene rings is 2. The van der Waals surface area contributed by atoms with Crippen LogP contribution >= 0.6 is 0 Å². The van der Waals surface area contributed by atoms with Gasteiger partial charge in [0.15, 0.2) is 0 Å². The first-order valence-corrected chi connectivity index (χ1v) is 9.25. The highest BCUT2D eigenvalue weighted by Gasteiger charge is 2.17. The maximum absolute atomic E-state index is 12.4. The Kier molecular flexibility index (Phi) is 6.66. The van der Waals surface area contributed by atoms with Gasteiger partial charge in [-0.15, -0.1) is 0 Å². The molecule has 1 saturated heterocycles. The number of methoxy groups -OCH3 is 1. The summed E-state index contributed by atoms with van der Waals surface area (Å²) in [6.07, 6.45) is 1.67. The summed E-state index contributed by atoms with van der Waals surface area (Å²) in [6.45, 7) is 4.28. The second-order valence-corrected chi connectivity index (χ2v) is 6.63. The average Bonchev–Trinajstić information content (AvgIpc) is 2.74. The Morgan fingerprint density at radius 3 is 2.39 bits per heavy atom. The lowest BCUT2D eigenvalue weighted by atomic mass is 10.2. The summed E-state index contributed by atoms with van der Waals surface area (Å²) in [5.41, 5.74) is 2.02. The molecular weight excluding hydrogens is 352 g/mol. The molecule has 144 valence electrons. The van der Waals surface area contributed by atoms with Crippen LogP contribution in [0, 0.1) is 11.3 Å². The second-order valence-electron chi connectivity index (χ2n) is 6.63. The molecular formula is C22H24N4O2. The lowest BCUT2D eigenvalue weighted by Crippen LogP contribution is -2.43. The largest absolute Gasteiger partial charge is 0.497 e. The van der Waals surface area contributed by atoms with Crippen molar-refractivity contribution in [1.29, 1.82) is 5.26 Å². The molecule has 6 heteroatoms. The third kappa shape index (κ3) is 5.35. The molecule has 0 bridgehead atoms. The number of ether oxygens (including phenoxy) is 1. The summed E-state index contributed by atoms with van der Waals surface area (Å²) in [7, 11) is 1.59. The van der Waals surface area contributed by atoms with Crippen LogP contribution in [0.5, 0.6) is 5.75 Å². The van der Waals surface area contributed by atoms with E-state index in [9.17, 15) is 10.1 Å². The molecule has 0 atom stereocenters. The summed E-state index contributed by atoms with van der Waals surface area (Å²) < 4.78 is 5.10. The van der Waals surface area contributed by atoms with Crippen molar-refractivity contribution >= 4 is 11.6 Å². The first-order chi connectivity index (χ1) is 13.7. The van der Waals surface area contributed by atoms with Gasteiger partial charge >= 0.3 is 0 Å². The smallest absolute Gasteiger partial charge is 0.267 e. The zero-order valence-corrected chi connectivity index (χ0v) is 16.0. The third-order valence-corrected chi connectivity index (χ3v) is 4.68. The molecule has 3 rings (SSSR count). The van der Waals surface area contributed by atoms with E-state index < -0.39 is 5.91 Å². The van der Waals surface area contributed by atoms with Gasteiger partial charge in [-0.05, 0) is 29.8 Å². The molecule has 0 aliphatic carbocycles. The Balaban J connectivity index is 1.54. The molecule has 1 heterocycles. The molecule has 0 aromatic heterocycles. The maximum atomic E-state index is 12.4. The van der Waals surface area contributed by atoms with Gasteiger partial charge in [-0.3, -0.25) is 9.69 Å². The van der Waals surface area contributed by atoms with Crippen molar-refractivity contribution in [2.24, 2.45) is 0 Å². The standard InChI is InChI=1S/C22H24N4O2/c1-28-21-9-7-20(8-10-21)24-22(27)19(15-23)17-26-13-11-25(12-14-26)16-18-5-3-2-4-6-18/h2-10,17H,11-14,16H2,1H3,(H,24,27). The van der Waals surface area contributed by atoms with E-state index in [1.807, 2.05) is 17.0 Å². The quantitative estimate of drug-likeness (QED) is 0.620. The predicted molar refractivity (Wildman–Crippen MR) is 109 cm³/mol. The number of nitriles is 1. The number of carbonyl (C=O) groups excluding carboxylic acids is 1. The Labute approximate surface area is 165 Å². The van der Waals surface area contributed by atoms with Crippen LogP contribution in [-0.4, -0.2) is 49.0 Å². The topological polar surface area (TPSA) is 68.6 Å². The normalized spacial score (nSPS) is 15.0. The van der Waals surface area contributed by atoms with Crippen LogP contribution < -0.4 is 10.1 Å². The average molecular weight is 376 g/mol. The van der Waals surface area contributed by atoms with Gasteiger partial charge in [0.1, 0.15) is 17.4 Å². The maximum Gasteiger partial charge on any atom is 0.267 e. The van der Waals surface area contributed by atoms with Crippen LogP contribution in [0.15, 0.2) is 66.4 Å². The van der Waals surface area contributed by atoms with Crippen LogP contribution in [0.1, 0.15) is 5.56 Å². The van der Waals surface area contributed by atoms with E-state index >= 15 is 0 Å². The van der Waals surface area contributed by atoms with Gasteiger partial charge in [0.2, 0.25) is 0 Å². The molecule has 0 unspecified atom stereocenters. The molecule has 1 N–H and O–H groups in total. The monoisotopic (exact) mass is 376 g/mol. The van der Waals surface area contributed by atoms with E-state index in [2.05, 4.69) is 34.5 Å². The molecule has 28 heavy (non-hydrogen) atoms. The number of hydrogen-bond acceptors (Lipinski definition) is 5. The highest BCUT2D eigenvalue weighted by Crippen LogP contribution is 2.16. The minimum absolute atomic E-state index is 0.104. The number of hydrogen-bond donors (Lipinski definition) is 1. The number of anilines is 1. The van der Waals surface area contributed by atoms with Crippen molar-refractivity contribution in [1.82, 2.24) is 9.80 Å². The van der Waals surface area contributed by atoms with Crippen molar-refractivity contribution in [3.05, 3.63) is 71.9 Å². The summed E-state index contributed by atoms with van der Waals surface area (Å²) in [5, 5.41) is 12.2. The molecule has 0 radical (unpaired) electrons. The van der Waals surface area contributed by atoms with Crippen LogP contribution in [0.4, 0.5) is 5.69 Å². The van der Waals surface area contributed by atoms with Crippen LogP contribution in [-0.2, 0) is 11.3 Å². The van der Waals surface area contributed by atoms with E-state index in [0.29, 0.717) is 11.4 Å². The molecule has 0 saturated carbocycles. The van der Waals surface area contributed by atoms with Crippen molar-refractivity contribution in [2.75, 3.05) is 38.6 Å². The summed E-state index contributed by atoms with van der Waals surface area (Å²) >= 11 is 0. The Morgan fingerprint density at radius 2 is 1.79 bits per heavy atom. The number of piperazine rings is 1. The Hall–Kier alpha value is -3.30. The molecule has 1 amide bonds. The first kappa shape index (κ1) is 19.5. The van der Waals surface area contributed by atoms with Crippen molar-refractivity contribution in [3.63, 3.8) is 0 Å². The molecule has 2 aromatic carbocycles. The van der Waals surface area contributed by atoms with Gasteiger partial charge in [0, 0.05) is 44.6 Å². The lowest BCUT2D eigenvalue weighted by Gasteiger charge is -2.34. The summed E-state index contributed by atoms with van der Waals surface area (Å²) in [6, 6.07) is 19.4. The molecule has 1 aliphatic rings. The van der Waals surface area contributed by atoms with Crippen molar-refractivity contribution in [2.45, 2.75) is 6.54 Å². The predicted octanol–water partition coefficient (Wildman–Crippen LogP) is 2.86. The van der Waals surface area contributed by atoms with E-state index in [1.54, 1.807) is 37.6 Å². The molecule has 1 aliphatic heterocycles. The van der Waals surface area contributed by atoms with Gasteiger partial charge < -0.3 is 15.0 Å². The Morgan fingerprint density at radius 1 is 1.11 bits per heavy atom. The van der Waals surface area contributed by atoms with Crippen LogP contribution in [0.25, 0.3) is 0 Å². The van der Waals surface area contributed by atoms with Crippen LogP contribution in [0.2, 0.25) is 0 Å². The fraction of sp³-hybridized carbons (Fsp3) is 0.273. The van der Waals surface area contributed by atoms with E-state index in [-0.39, 0.29) is 5.57 Å². The molecule has 6 nitrogen and oxygen atoms in total. The van der Waals surface area contributed by atoms with Gasteiger partial charge in [-0.2, -0.15) is 5.26 Å². The first-order valence-electron chi connectivity index (χ1n) is 9.25.